The van der Waals surface area contributed by atoms with Crippen molar-refractivity contribution in [3.05, 3.63) is 72.3 Å². The van der Waals surface area contributed by atoms with Crippen molar-refractivity contribution in [1.29, 1.82) is 0 Å². The molecule has 4 aromatic heterocycles. The van der Waals surface area contributed by atoms with E-state index in [1.54, 1.807) is 0 Å². The second-order valence-corrected chi connectivity index (χ2v) is 12.0. The van der Waals surface area contributed by atoms with Crippen molar-refractivity contribution >= 4 is 43.6 Å². The Morgan fingerprint density at radius 1 is 0.571 bits per heavy atom. The third kappa shape index (κ3) is 5.31. The van der Waals surface area contributed by atoms with Crippen LogP contribution in [0.2, 0.25) is 0 Å². The van der Waals surface area contributed by atoms with Crippen LogP contribution in [0.5, 0.6) is 11.5 Å². The molecule has 0 bridgehead atoms. The Hall–Kier alpha value is -4.06. The van der Waals surface area contributed by atoms with Gasteiger partial charge in [-0.15, -0.1) is 0 Å². The van der Waals surface area contributed by atoms with Crippen LogP contribution >= 0.6 is 0 Å². The van der Waals surface area contributed by atoms with Gasteiger partial charge in [0.25, 0.3) is 0 Å². The van der Waals surface area contributed by atoms with Crippen molar-refractivity contribution in [2.75, 3.05) is 0 Å². The van der Waals surface area contributed by atoms with Crippen molar-refractivity contribution < 1.29 is 9.47 Å². The summed E-state index contributed by atoms with van der Waals surface area (Å²) in [6.45, 7) is 14.4. The van der Waals surface area contributed by atoms with Crippen molar-refractivity contribution in [3.63, 3.8) is 0 Å². The number of rotatable bonds is 11. The summed E-state index contributed by atoms with van der Waals surface area (Å²) in [4.78, 5) is 9.26. The van der Waals surface area contributed by atoms with Crippen molar-refractivity contribution in [2.24, 2.45) is 0 Å². The van der Waals surface area contributed by atoms with Crippen LogP contribution in [0.4, 0.5) is 0 Å². The van der Waals surface area contributed by atoms with Crippen molar-refractivity contribution in [2.45, 2.75) is 92.5 Å². The lowest BCUT2D eigenvalue weighted by Gasteiger charge is -2.13. The zero-order chi connectivity index (χ0) is 29.4. The molecule has 0 radical (unpaired) electrons. The predicted molar refractivity (Wildman–Crippen MR) is 174 cm³/mol. The Kier molecular flexibility index (Phi) is 7.80. The summed E-state index contributed by atoms with van der Waals surface area (Å²) in [5.41, 5.74) is 7.08. The lowest BCUT2D eigenvalue weighted by Crippen LogP contribution is -2.06. The van der Waals surface area contributed by atoms with E-state index in [0.29, 0.717) is 0 Å². The maximum Gasteiger partial charge on any atom is 0.121 e. The highest BCUT2D eigenvalue weighted by molar-refractivity contribution is 6.09. The Balaban J connectivity index is 1.19. The molecule has 0 saturated carbocycles. The van der Waals surface area contributed by atoms with Gasteiger partial charge in [-0.3, -0.25) is 9.97 Å². The number of aryl methyl sites for hydroxylation is 4. The molecule has 0 atom stereocenters. The highest BCUT2D eigenvalue weighted by Crippen LogP contribution is 2.35. The molecule has 0 aliphatic carbocycles. The van der Waals surface area contributed by atoms with Crippen LogP contribution in [-0.2, 0) is 13.1 Å². The van der Waals surface area contributed by atoms with Crippen LogP contribution in [0.15, 0.2) is 60.9 Å². The van der Waals surface area contributed by atoms with Gasteiger partial charge in [0, 0.05) is 59.2 Å². The number of hydrogen-bond donors (Lipinski definition) is 0. The van der Waals surface area contributed by atoms with Gasteiger partial charge in [0.1, 0.15) is 11.5 Å². The third-order valence-corrected chi connectivity index (χ3v) is 8.11. The van der Waals surface area contributed by atoms with E-state index in [0.717, 1.165) is 48.8 Å². The van der Waals surface area contributed by atoms with Gasteiger partial charge in [0.2, 0.25) is 0 Å². The molecular formula is C36H42N4O2. The molecule has 6 aromatic rings. The van der Waals surface area contributed by atoms with Gasteiger partial charge in [0.05, 0.1) is 45.7 Å². The highest BCUT2D eigenvalue weighted by Gasteiger charge is 2.16. The molecule has 6 nitrogen and oxygen atoms in total. The van der Waals surface area contributed by atoms with Gasteiger partial charge in [-0.1, -0.05) is 12.8 Å². The summed E-state index contributed by atoms with van der Waals surface area (Å²) in [5.74, 6) is 1.84. The van der Waals surface area contributed by atoms with E-state index in [9.17, 15) is 0 Å². The number of aromatic nitrogens is 4. The van der Waals surface area contributed by atoms with E-state index in [-0.39, 0.29) is 12.2 Å². The molecule has 0 spiro atoms. The van der Waals surface area contributed by atoms with Gasteiger partial charge in [-0.2, -0.15) is 0 Å². The Morgan fingerprint density at radius 3 is 1.40 bits per heavy atom. The molecule has 0 aliphatic rings. The summed E-state index contributed by atoms with van der Waals surface area (Å²) >= 11 is 0. The standard InChI is InChI=1S/C36H42N4O2/c1-23(2)41-27-11-13-29-31-15-17-37-25(5)35(31)39(33(29)21-27)19-9-7-8-10-20-40-34-22-28(42-24(3)4)12-14-30(34)32-16-18-38-26(6)36(32)40/h11-18,21-24H,7-10,19-20H2,1-6H3. The fraction of sp³-hybridized carbons (Fsp3) is 0.389. The van der Waals surface area contributed by atoms with E-state index in [2.05, 4.69) is 109 Å². The first-order chi connectivity index (χ1) is 20.3. The number of hydrogen-bond acceptors (Lipinski definition) is 4. The van der Waals surface area contributed by atoms with Crippen LogP contribution in [0.3, 0.4) is 0 Å². The summed E-state index contributed by atoms with van der Waals surface area (Å²) in [5, 5.41) is 5.07. The molecular weight excluding hydrogens is 520 g/mol. The monoisotopic (exact) mass is 562 g/mol. The zero-order valence-electron chi connectivity index (χ0n) is 25.8. The molecule has 218 valence electrons. The Labute approximate surface area is 248 Å². The minimum absolute atomic E-state index is 0.145. The second kappa shape index (κ2) is 11.7. The largest absolute Gasteiger partial charge is 0.491 e. The topological polar surface area (TPSA) is 54.1 Å². The first-order valence-corrected chi connectivity index (χ1v) is 15.4. The Bertz CT molecular complexity index is 1740. The maximum atomic E-state index is 6.05. The van der Waals surface area contributed by atoms with Gasteiger partial charge in [0.15, 0.2) is 0 Å². The number of fused-ring (bicyclic) bond motifs is 6. The average Bonchev–Trinajstić information content (AvgIpc) is 3.43. The van der Waals surface area contributed by atoms with Crippen LogP contribution in [0.25, 0.3) is 43.6 Å². The van der Waals surface area contributed by atoms with Gasteiger partial charge >= 0.3 is 0 Å². The molecule has 0 fully saturated rings. The fourth-order valence-corrected chi connectivity index (χ4v) is 6.45. The number of benzene rings is 2. The number of ether oxygens (including phenoxy) is 2. The lowest BCUT2D eigenvalue weighted by atomic mass is 10.1. The molecule has 2 aromatic carbocycles. The molecule has 0 N–H and O–H groups in total. The molecule has 0 amide bonds. The SMILES string of the molecule is Cc1nccc2c3ccc(OC(C)C)cc3n(CCCCCCn3c4cc(OC(C)C)ccc4c4ccnc(C)c43)c12. The smallest absolute Gasteiger partial charge is 0.121 e. The molecule has 0 saturated heterocycles. The van der Waals surface area contributed by atoms with Crippen LogP contribution < -0.4 is 9.47 Å². The van der Waals surface area contributed by atoms with Gasteiger partial charge in [-0.25, -0.2) is 0 Å². The maximum absolute atomic E-state index is 6.05. The number of nitrogens with zero attached hydrogens (tertiary/aromatic N) is 4. The first-order valence-electron chi connectivity index (χ1n) is 15.4. The van der Waals surface area contributed by atoms with E-state index >= 15 is 0 Å². The molecule has 4 heterocycles. The minimum Gasteiger partial charge on any atom is -0.491 e. The zero-order valence-corrected chi connectivity index (χ0v) is 25.8. The molecule has 6 heteroatoms. The van der Waals surface area contributed by atoms with Crippen LogP contribution in [0.1, 0.15) is 64.8 Å². The minimum atomic E-state index is 0.145. The first kappa shape index (κ1) is 28.1. The van der Waals surface area contributed by atoms with E-state index in [1.807, 2.05) is 12.4 Å². The summed E-state index contributed by atoms with van der Waals surface area (Å²) in [7, 11) is 0. The average molecular weight is 563 g/mol. The fourth-order valence-electron chi connectivity index (χ4n) is 6.45. The van der Waals surface area contributed by atoms with Crippen LogP contribution in [0, 0.1) is 13.8 Å². The van der Waals surface area contributed by atoms with E-state index in [1.165, 1.54) is 56.5 Å². The van der Waals surface area contributed by atoms with E-state index in [4.69, 9.17) is 9.47 Å². The number of unbranched alkanes of at least 4 members (excludes halogenated alkanes) is 3. The number of pyridine rings is 2. The van der Waals surface area contributed by atoms with Crippen molar-refractivity contribution in [1.82, 2.24) is 19.1 Å². The molecule has 42 heavy (non-hydrogen) atoms. The lowest BCUT2D eigenvalue weighted by molar-refractivity contribution is 0.242. The quantitative estimate of drug-likeness (QED) is 0.148. The second-order valence-electron chi connectivity index (χ2n) is 12.0. The molecule has 6 rings (SSSR count). The van der Waals surface area contributed by atoms with Crippen molar-refractivity contribution in [3.8, 4) is 11.5 Å². The normalized spacial score (nSPS) is 12.1. The highest BCUT2D eigenvalue weighted by atomic mass is 16.5. The predicted octanol–water partition coefficient (Wildman–Crippen LogP) is 9.14. The summed E-state index contributed by atoms with van der Waals surface area (Å²) in [6, 6.07) is 17.3. The van der Waals surface area contributed by atoms with Crippen LogP contribution in [-0.4, -0.2) is 31.3 Å². The third-order valence-electron chi connectivity index (χ3n) is 8.11. The molecule has 0 aliphatic heterocycles. The summed E-state index contributed by atoms with van der Waals surface area (Å²) in [6.07, 6.45) is 8.69. The van der Waals surface area contributed by atoms with Gasteiger partial charge < -0.3 is 18.6 Å². The van der Waals surface area contributed by atoms with Gasteiger partial charge in [-0.05, 0) is 90.8 Å². The summed E-state index contributed by atoms with van der Waals surface area (Å²) < 4.78 is 17.0. The Morgan fingerprint density at radius 2 is 1.00 bits per heavy atom. The molecule has 0 unspecified atom stereocenters. The van der Waals surface area contributed by atoms with E-state index < -0.39 is 0 Å².